The number of nitrogens with one attached hydrogen (secondary N) is 1. The molecule has 1 fully saturated rings. The van der Waals surface area contributed by atoms with Crippen LogP contribution < -0.4 is 4.74 Å². The van der Waals surface area contributed by atoms with Crippen LogP contribution in [0.3, 0.4) is 0 Å². The topological polar surface area (TPSA) is 50.8 Å². The number of nitrogens with zero attached hydrogens (tertiary/aromatic N) is 2. The molecule has 0 radical (unpaired) electrons. The van der Waals surface area contributed by atoms with Crippen LogP contribution in [0.2, 0.25) is 0 Å². The zero-order valence-corrected chi connectivity index (χ0v) is 13.4. The standard InChI is InChI=1S/C16H21N3OS/c1-11-5-3-6-12(2)14(11)20-9-4-10-21-16-17-15(18-19-16)13-7-8-13/h3,5-6,13H,4,7-10H2,1-2H3,(H,17,18,19). The van der Waals surface area contributed by atoms with Crippen LogP contribution in [0.25, 0.3) is 0 Å². The van der Waals surface area contributed by atoms with Crippen LogP contribution in [0.4, 0.5) is 0 Å². The third kappa shape index (κ3) is 3.79. The summed E-state index contributed by atoms with van der Waals surface area (Å²) < 4.78 is 5.90. The first-order chi connectivity index (χ1) is 10.2. The van der Waals surface area contributed by atoms with Gasteiger partial charge in [-0.15, -0.1) is 5.10 Å². The van der Waals surface area contributed by atoms with Crippen molar-refractivity contribution in [2.75, 3.05) is 12.4 Å². The molecule has 0 spiro atoms. The van der Waals surface area contributed by atoms with Gasteiger partial charge in [-0.2, -0.15) is 0 Å². The molecule has 1 saturated carbocycles. The number of thioether (sulfide) groups is 1. The number of aryl methyl sites for hydroxylation is 2. The average Bonchev–Trinajstić information content (AvgIpc) is 3.21. The maximum Gasteiger partial charge on any atom is 0.208 e. The fourth-order valence-corrected chi connectivity index (χ4v) is 3.00. The maximum absolute atomic E-state index is 5.90. The van der Waals surface area contributed by atoms with Gasteiger partial charge in [0.25, 0.3) is 0 Å². The second-order valence-electron chi connectivity index (χ2n) is 5.55. The number of aromatic nitrogens is 3. The highest BCUT2D eigenvalue weighted by molar-refractivity contribution is 7.99. The molecule has 5 heteroatoms. The SMILES string of the molecule is Cc1cccc(C)c1OCCCSc1n[nH]c(C2CC2)n1. The van der Waals surface area contributed by atoms with Gasteiger partial charge < -0.3 is 4.74 Å². The molecular weight excluding hydrogens is 282 g/mol. The lowest BCUT2D eigenvalue weighted by Gasteiger charge is -2.11. The highest BCUT2D eigenvalue weighted by atomic mass is 32.2. The van der Waals surface area contributed by atoms with Crippen LogP contribution in [0.15, 0.2) is 23.4 Å². The van der Waals surface area contributed by atoms with E-state index in [1.165, 1.54) is 24.0 Å². The van der Waals surface area contributed by atoms with Crippen molar-refractivity contribution in [3.8, 4) is 5.75 Å². The third-order valence-electron chi connectivity index (χ3n) is 3.62. The molecule has 3 rings (SSSR count). The Hall–Kier alpha value is -1.49. The Morgan fingerprint density at radius 2 is 2.05 bits per heavy atom. The molecule has 21 heavy (non-hydrogen) atoms. The number of aromatic amines is 1. The predicted molar refractivity (Wildman–Crippen MR) is 85.1 cm³/mol. The van der Waals surface area contributed by atoms with Crippen LogP contribution >= 0.6 is 11.8 Å². The first-order valence-corrected chi connectivity index (χ1v) is 8.46. The molecule has 1 aliphatic carbocycles. The van der Waals surface area contributed by atoms with Gasteiger partial charge in [-0.05, 0) is 44.2 Å². The Kier molecular flexibility index (Phi) is 4.48. The van der Waals surface area contributed by atoms with Crippen LogP contribution in [0.5, 0.6) is 5.75 Å². The summed E-state index contributed by atoms with van der Waals surface area (Å²) in [6.45, 7) is 4.91. The summed E-state index contributed by atoms with van der Waals surface area (Å²) >= 11 is 1.70. The molecule has 0 saturated heterocycles. The van der Waals surface area contributed by atoms with Gasteiger partial charge in [0.15, 0.2) is 0 Å². The van der Waals surface area contributed by atoms with E-state index in [-0.39, 0.29) is 0 Å². The number of rotatable bonds is 7. The average molecular weight is 303 g/mol. The minimum Gasteiger partial charge on any atom is -0.493 e. The Bertz CT molecular complexity index is 587. The highest BCUT2D eigenvalue weighted by Gasteiger charge is 2.27. The minimum absolute atomic E-state index is 0.638. The lowest BCUT2D eigenvalue weighted by molar-refractivity contribution is 0.314. The number of hydrogen-bond acceptors (Lipinski definition) is 4. The minimum atomic E-state index is 0.638. The van der Waals surface area contributed by atoms with Crippen molar-refractivity contribution in [1.29, 1.82) is 0 Å². The molecule has 4 nitrogen and oxygen atoms in total. The van der Waals surface area contributed by atoms with E-state index in [2.05, 4.69) is 47.2 Å². The van der Waals surface area contributed by atoms with Crippen molar-refractivity contribution in [2.45, 2.75) is 44.2 Å². The van der Waals surface area contributed by atoms with E-state index in [4.69, 9.17) is 4.74 Å². The Morgan fingerprint density at radius 3 is 2.76 bits per heavy atom. The highest BCUT2D eigenvalue weighted by Crippen LogP contribution is 2.38. The number of para-hydroxylation sites is 1. The molecule has 1 aromatic carbocycles. The van der Waals surface area contributed by atoms with E-state index in [1.807, 2.05) is 0 Å². The van der Waals surface area contributed by atoms with Crippen molar-refractivity contribution in [2.24, 2.45) is 0 Å². The van der Waals surface area contributed by atoms with Crippen molar-refractivity contribution in [1.82, 2.24) is 15.2 Å². The van der Waals surface area contributed by atoms with E-state index in [9.17, 15) is 0 Å². The van der Waals surface area contributed by atoms with Gasteiger partial charge in [-0.1, -0.05) is 30.0 Å². The first-order valence-electron chi connectivity index (χ1n) is 7.48. The molecule has 0 atom stereocenters. The summed E-state index contributed by atoms with van der Waals surface area (Å²) in [4.78, 5) is 4.51. The van der Waals surface area contributed by atoms with Gasteiger partial charge in [0.1, 0.15) is 11.6 Å². The number of ether oxygens (including phenoxy) is 1. The molecule has 1 heterocycles. The zero-order chi connectivity index (χ0) is 14.7. The van der Waals surface area contributed by atoms with Crippen LogP contribution in [0, 0.1) is 13.8 Å². The maximum atomic E-state index is 5.90. The second-order valence-corrected chi connectivity index (χ2v) is 6.61. The molecule has 2 aromatic rings. The summed E-state index contributed by atoms with van der Waals surface area (Å²) in [5.74, 6) is 3.70. The molecule has 0 bridgehead atoms. The molecule has 0 aliphatic heterocycles. The van der Waals surface area contributed by atoms with Crippen molar-refractivity contribution in [3.05, 3.63) is 35.2 Å². The van der Waals surface area contributed by atoms with Crippen LogP contribution in [-0.4, -0.2) is 27.5 Å². The van der Waals surface area contributed by atoms with E-state index >= 15 is 0 Å². The lowest BCUT2D eigenvalue weighted by Crippen LogP contribution is -2.01. The Balaban J connectivity index is 1.40. The zero-order valence-electron chi connectivity index (χ0n) is 12.6. The molecular formula is C16H21N3OS. The second kappa shape index (κ2) is 6.52. The Labute approximate surface area is 129 Å². The van der Waals surface area contributed by atoms with Crippen molar-refractivity contribution >= 4 is 11.8 Å². The van der Waals surface area contributed by atoms with E-state index in [1.54, 1.807) is 11.8 Å². The normalized spacial score (nSPS) is 14.4. The van der Waals surface area contributed by atoms with Crippen LogP contribution in [-0.2, 0) is 0 Å². The monoisotopic (exact) mass is 303 g/mol. The molecule has 1 N–H and O–H groups in total. The van der Waals surface area contributed by atoms with E-state index < -0.39 is 0 Å². The number of hydrogen-bond donors (Lipinski definition) is 1. The van der Waals surface area contributed by atoms with Gasteiger partial charge in [0.05, 0.1) is 6.61 Å². The van der Waals surface area contributed by atoms with Crippen molar-refractivity contribution in [3.63, 3.8) is 0 Å². The van der Waals surface area contributed by atoms with Crippen LogP contribution in [0.1, 0.15) is 42.1 Å². The summed E-state index contributed by atoms with van der Waals surface area (Å²) in [5.41, 5.74) is 2.40. The van der Waals surface area contributed by atoms with Crippen molar-refractivity contribution < 1.29 is 4.74 Å². The van der Waals surface area contributed by atoms with Gasteiger partial charge in [0.2, 0.25) is 5.16 Å². The van der Waals surface area contributed by atoms with E-state index in [0.717, 1.165) is 35.5 Å². The summed E-state index contributed by atoms with van der Waals surface area (Å²) in [5, 5.41) is 8.15. The van der Waals surface area contributed by atoms with Gasteiger partial charge in [0, 0.05) is 11.7 Å². The third-order valence-corrected chi connectivity index (χ3v) is 4.55. The van der Waals surface area contributed by atoms with Gasteiger partial charge >= 0.3 is 0 Å². The fraction of sp³-hybridized carbons (Fsp3) is 0.500. The fourth-order valence-electron chi connectivity index (χ4n) is 2.29. The predicted octanol–water partition coefficient (Wildman–Crippen LogP) is 3.86. The lowest BCUT2D eigenvalue weighted by atomic mass is 10.1. The summed E-state index contributed by atoms with van der Waals surface area (Å²) in [6, 6.07) is 6.24. The Morgan fingerprint density at radius 1 is 1.29 bits per heavy atom. The van der Waals surface area contributed by atoms with Gasteiger partial charge in [-0.25, -0.2) is 4.98 Å². The van der Waals surface area contributed by atoms with Gasteiger partial charge in [-0.3, -0.25) is 5.10 Å². The van der Waals surface area contributed by atoms with E-state index in [0.29, 0.717) is 5.92 Å². The summed E-state index contributed by atoms with van der Waals surface area (Å²) in [6.07, 6.45) is 3.50. The molecule has 0 amide bonds. The quantitative estimate of drug-likeness (QED) is 0.623. The number of benzene rings is 1. The summed E-state index contributed by atoms with van der Waals surface area (Å²) in [7, 11) is 0. The number of H-pyrrole nitrogens is 1. The first kappa shape index (κ1) is 14.4. The largest absolute Gasteiger partial charge is 0.493 e. The molecule has 0 unspecified atom stereocenters. The molecule has 1 aromatic heterocycles. The molecule has 1 aliphatic rings. The smallest absolute Gasteiger partial charge is 0.208 e. The molecule has 112 valence electrons.